The van der Waals surface area contributed by atoms with E-state index in [1.54, 1.807) is 14.1 Å². The maximum atomic E-state index is 12.2. The highest BCUT2D eigenvalue weighted by Gasteiger charge is 2.39. The molecule has 1 aliphatic heterocycles. The Morgan fingerprint density at radius 3 is 2.48 bits per heavy atom. The van der Waals surface area contributed by atoms with Crippen LogP contribution in [0.25, 0.3) is 0 Å². The van der Waals surface area contributed by atoms with Gasteiger partial charge in [-0.2, -0.15) is 0 Å². The third-order valence-corrected chi connectivity index (χ3v) is 3.38. The highest BCUT2D eigenvalue weighted by atomic mass is 16.5. The molecule has 3 amide bonds. The van der Waals surface area contributed by atoms with Crippen LogP contribution in [0.15, 0.2) is 0 Å². The number of hydrogen-bond donors (Lipinski definition) is 2. The second kappa shape index (κ2) is 7.82. The number of urea groups is 1. The zero-order valence-electron chi connectivity index (χ0n) is 12.7. The fraction of sp³-hybridized carbons (Fsp3) is 0.769. The Labute approximate surface area is 124 Å². The predicted octanol–water partition coefficient (Wildman–Crippen LogP) is -0.404. The second-order valence-corrected chi connectivity index (χ2v) is 5.19. The van der Waals surface area contributed by atoms with Crippen LogP contribution in [0.5, 0.6) is 0 Å². The van der Waals surface area contributed by atoms with Gasteiger partial charge in [0.25, 0.3) is 0 Å². The van der Waals surface area contributed by atoms with Crippen molar-refractivity contribution in [3.63, 3.8) is 0 Å². The third kappa shape index (κ3) is 4.59. The number of hydrogen-bond acceptors (Lipinski definition) is 4. The molecule has 0 aliphatic carbocycles. The summed E-state index contributed by atoms with van der Waals surface area (Å²) in [4.78, 5) is 37.7. The first-order valence-corrected chi connectivity index (χ1v) is 6.93. The van der Waals surface area contributed by atoms with Crippen LogP contribution >= 0.6 is 0 Å². The number of carboxylic acids is 1. The average Bonchev–Trinajstić information content (AvgIpc) is 2.90. The molecule has 0 bridgehead atoms. The Morgan fingerprint density at radius 2 is 1.95 bits per heavy atom. The van der Waals surface area contributed by atoms with Crippen molar-refractivity contribution in [2.45, 2.75) is 19.4 Å². The largest absolute Gasteiger partial charge is 0.481 e. The number of nitrogens with one attached hydrogen (secondary N) is 1. The number of nitrogens with zero attached hydrogens (tertiary/aromatic N) is 2. The normalized spacial score (nSPS) is 20.9. The molecule has 120 valence electrons. The van der Waals surface area contributed by atoms with E-state index >= 15 is 0 Å². The van der Waals surface area contributed by atoms with E-state index in [1.165, 1.54) is 9.80 Å². The van der Waals surface area contributed by atoms with Crippen molar-refractivity contribution in [3.05, 3.63) is 0 Å². The molecule has 0 saturated carbocycles. The molecule has 8 nitrogen and oxygen atoms in total. The van der Waals surface area contributed by atoms with Crippen molar-refractivity contribution >= 4 is 17.9 Å². The number of likely N-dealkylation sites (N-methyl/N-ethyl adjacent to an activating group) is 1. The summed E-state index contributed by atoms with van der Waals surface area (Å²) >= 11 is 0. The minimum absolute atomic E-state index is 0.101. The van der Waals surface area contributed by atoms with Gasteiger partial charge in [-0.25, -0.2) is 4.79 Å². The number of carbonyl (C=O) groups is 3. The lowest BCUT2D eigenvalue weighted by Gasteiger charge is -2.30. The fourth-order valence-electron chi connectivity index (χ4n) is 2.16. The van der Waals surface area contributed by atoms with Gasteiger partial charge in [0, 0.05) is 20.6 Å². The number of aliphatic carboxylic acids is 1. The van der Waals surface area contributed by atoms with Gasteiger partial charge in [-0.3, -0.25) is 9.59 Å². The number of amides is 3. The smallest absolute Gasteiger partial charge is 0.318 e. The molecule has 1 rings (SSSR count). The van der Waals surface area contributed by atoms with Crippen molar-refractivity contribution in [2.24, 2.45) is 5.92 Å². The summed E-state index contributed by atoms with van der Waals surface area (Å²) in [5.74, 6) is -1.93. The van der Waals surface area contributed by atoms with Crippen molar-refractivity contribution in [2.75, 3.05) is 40.4 Å². The van der Waals surface area contributed by atoms with Gasteiger partial charge in [-0.15, -0.1) is 0 Å². The van der Waals surface area contributed by atoms with Crippen molar-refractivity contribution in [3.8, 4) is 0 Å². The van der Waals surface area contributed by atoms with Gasteiger partial charge in [0.1, 0.15) is 5.92 Å². The molecule has 1 fully saturated rings. The van der Waals surface area contributed by atoms with Crippen LogP contribution in [0, 0.1) is 5.92 Å². The molecule has 21 heavy (non-hydrogen) atoms. The number of rotatable bonds is 6. The maximum absolute atomic E-state index is 12.2. The highest BCUT2D eigenvalue weighted by Crippen LogP contribution is 2.20. The first-order valence-electron chi connectivity index (χ1n) is 6.93. The topological polar surface area (TPSA) is 99.2 Å². The zero-order chi connectivity index (χ0) is 16.0. The number of carbonyl (C=O) groups excluding carboxylic acids is 2. The lowest BCUT2D eigenvalue weighted by Crippen LogP contribution is -2.52. The van der Waals surface area contributed by atoms with Crippen molar-refractivity contribution < 1.29 is 24.2 Å². The van der Waals surface area contributed by atoms with Gasteiger partial charge >= 0.3 is 12.0 Å². The Kier molecular flexibility index (Phi) is 6.41. The molecule has 0 spiro atoms. The second-order valence-electron chi connectivity index (χ2n) is 5.19. The summed E-state index contributed by atoms with van der Waals surface area (Å²) in [6.07, 6.45) is 0.692. The molecule has 8 heteroatoms. The minimum atomic E-state index is -0.976. The molecule has 1 heterocycles. The molecule has 0 aromatic heterocycles. The summed E-state index contributed by atoms with van der Waals surface area (Å²) in [6, 6.07) is -0.939. The van der Waals surface area contributed by atoms with Crippen LogP contribution in [-0.4, -0.2) is 79.3 Å². The predicted molar refractivity (Wildman–Crippen MR) is 74.8 cm³/mol. The molecule has 2 atom stereocenters. The van der Waals surface area contributed by atoms with Crippen molar-refractivity contribution in [1.29, 1.82) is 0 Å². The van der Waals surface area contributed by atoms with E-state index in [-0.39, 0.29) is 25.7 Å². The van der Waals surface area contributed by atoms with E-state index in [1.807, 2.05) is 6.92 Å². The van der Waals surface area contributed by atoms with Crippen LogP contribution in [0.1, 0.15) is 13.3 Å². The van der Waals surface area contributed by atoms with Crippen LogP contribution in [0.2, 0.25) is 0 Å². The van der Waals surface area contributed by atoms with Gasteiger partial charge in [0.2, 0.25) is 5.91 Å². The lowest BCUT2D eigenvalue weighted by atomic mass is 10.0. The molecule has 1 saturated heterocycles. The van der Waals surface area contributed by atoms with Gasteiger partial charge in [0.05, 0.1) is 25.8 Å². The quantitative estimate of drug-likeness (QED) is 0.695. The fourth-order valence-corrected chi connectivity index (χ4v) is 2.16. The Balaban J connectivity index is 2.69. The van der Waals surface area contributed by atoms with Crippen LogP contribution < -0.4 is 5.32 Å². The van der Waals surface area contributed by atoms with E-state index in [9.17, 15) is 19.5 Å². The SMILES string of the molecule is CCCN(C(=O)NCC(=O)N(C)C)C1COCC1C(=O)O. The first-order chi connectivity index (χ1) is 9.88. The Bertz CT molecular complexity index is 399. The molecule has 2 unspecified atom stereocenters. The summed E-state index contributed by atoms with van der Waals surface area (Å²) in [5.41, 5.74) is 0. The molecular formula is C13H23N3O5. The minimum Gasteiger partial charge on any atom is -0.481 e. The van der Waals surface area contributed by atoms with E-state index < -0.39 is 24.0 Å². The van der Waals surface area contributed by atoms with Gasteiger partial charge in [-0.05, 0) is 6.42 Å². The Hall–Kier alpha value is -1.83. The summed E-state index contributed by atoms with van der Waals surface area (Å²) in [5, 5.41) is 11.7. The lowest BCUT2D eigenvalue weighted by molar-refractivity contribution is -0.142. The van der Waals surface area contributed by atoms with E-state index in [2.05, 4.69) is 5.32 Å². The summed E-state index contributed by atoms with van der Waals surface area (Å²) in [6.45, 7) is 2.50. The zero-order valence-corrected chi connectivity index (χ0v) is 12.7. The summed E-state index contributed by atoms with van der Waals surface area (Å²) < 4.78 is 5.19. The maximum Gasteiger partial charge on any atom is 0.318 e. The molecule has 2 N–H and O–H groups in total. The van der Waals surface area contributed by atoms with E-state index in [0.29, 0.717) is 13.0 Å². The van der Waals surface area contributed by atoms with Gasteiger partial charge < -0.3 is 25.0 Å². The first kappa shape index (κ1) is 17.2. The molecule has 1 aliphatic rings. The standard InChI is InChI=1S/C13H23N3O5/c1-4-5-16(10-8-21-7-9(10)12(18)19)13(20)14-6-11(17)15(2)3/h9-10H,4-8H2,1-3H3,(H,14,20)(H,18,19). The number of carboxylic acid groups (broad SMARTS) is 1. The molecule has 0 aromatic carbocycles. The average molecular weight is 301 g/mol. The van der Waals surface area contributed by atoms with Crippen LogP contribution in [0.4, 0.5) is 4.79 Å². The monoisotopic (exact) mass is 301 g/mol. The highest BCUT2D eigenvalue weighted by molar-refractivity contribution is 5.84. The molecule has 0 radical (unpaired) electrons. The summed E-state index contributed by atoms with van der Waals surface area (Å²) in [7, 11) is 3.20. The number of ether oxygens (including phenoxy) is 1. The van der Waals surface area contributed by atoms with Gasteiger partial charge in [0.15, 0.2) is 0 Å². The third-order valence-electron chi connectivity index (χ3n) is 3.38. The van der Waals surface area contributed by atoms with Crippen LogP contribution in [0.3, 0.4) is 0 Å². The van der Waals surface area contributed by atoms with Crippen molar-refractivity contribution in [1.82, 2.24) is 15.1 Å². The Morgan fingerprint density at radius 1 is 1.29 bits per heavy atom. The molecule has 0 aromatic rings. The van der Waals surface area contributed by atoms with Crippen LogP contribution in [-0.2, 0) is 14.3 Å². The van der Waals surface area contributed by atoms with E-state index in [4.69, 9.17) is 4.74 Å². The van der Waals surface area contributed by atoms with E-state index in [0.717, 1.165) is 0 Å². The van der Waals surface area contributed by atoms with Gasteiger partial charge in [-0.1, -0.05) is 6.92 Å². The molecular weight excluding hydrogens is 278 g/mol.